The first kappa shape index (κ1) is 21.1. The van der Waals surface area contributed by atoms with Crippen LogP contribution in [0.4, 0.5) is 5.69 Å². The molecule has 1 N–H and O–H groups in total. The lowest BCUT2D eigenvalue weighted by Gasteiger charge is -2.16. The van der Waals surface area contributed by atoms with Gasteiger partial charge in [-0.25, -0.2) is 4.79 Å². The topological polar surface area (TPSA) is 64.6 Å². The minimum Gasteiger partial charge on any atom is -0.482 e. The van der Waals surface area contributed by atoms with E-state index in [0.29, 0.717) is 11.4 Å². The fourth-order valence-corrected chi connectivity index (χ4v) is 3.14. The first-order valence-corrected chi connectivity index (χ1v) is 9.78. The third-order valence-electron chi connectivity index (χ3n) is 4.50. The summed E-state index contributed by atoms with van der Waals surface area (Å²) in [7, 11) is 0. The van der Waals surface area contributed by atoms with E-state index < -0.39 is 18.0 Å². The molecule has 30 heavy (non-hydrogen) atoms. The summed E-state index contributed by atoms with van der Waals surface area (Å²) in [4.78, 5) is 24.7. The van der Waals surface area contributed by atoms with Gasteiger partial charge in [0.15, 0.2) is 12.7 Å². The molecule has 0 fully saturated rings. The summed E-state index contributed by atoms with van der Waals surface area (Å²) >= 11 is 0. The van der Waals surface area contributed by atoms with E-state index in [9.17, 15) is 9.59 Å². The summed E-state index contributed by atoms with van der Waals surface area (Å²) < 4.78 is 10.7. The van der Waals surface area contributed by atoms with E-state index in [4.69, 9.17) is 9.47 Å². The lowest BCUT2D eigenvalue weighted by atomic mass is 10.0. The molecule has 3 rings (SSSR count). The van der Waals surface area contributed by atoms with Gasteiger partial charge in [-0.15, -0.1) is 0 Å². The molecular weight excluding hydrogens is 378 g/mol. The van der Waals surface area contributed by atoms with E-state index in [2.05, 4.69) is 5.32 Å². The molecule has 3 aromatic carbocycles. The van der Waals surface area contributed by atoms with Crippen LogP contribution in [0.5, 0.6) is 5.75 Å². The van der Waals surface area contributed by atoms with Crippen LogP contribution in [-0.4, -0.2) is 24.6 Å². The van der Waals surface area contributed by atoms with Gasteiger partial charge in [0.25, 0.3) is 5.91 Å². The van der Waals surface area contributed by atoms with Gasteiger partial charge in [0.2, 0.25) is 0 Å². The molecule has 0 radical (unpaired) electrons. The van der Waals surface area contributed by atoms with Crippen LogP contribution in [0.15, 0.2) is 72.8 Å². The lowest BCUT2D eigenvalue weighted by molar-refractivity contribution is -0.155. The van der Waals surface area contributed by atoms with Crippen LogP contribution in [0.25, 0.3) is 11.1 Å². The number of carbonyl (C=O) groups excluding carboxylic acids is 2. The monoisotopic (exact) mass is 403 g/mol. The fourth-order valence-electron chi connectivity index (χ4n) is 3.14. The maximum atomic E-state index is 12.6. The van der Waals surface area contributed by atoms with Gasteiger partial charge in [-0.05, 0) is 55.7 Å². The van der Waals surface area contributed by atoms with E-state index in [-0.39, 0.29) is 6.61 Å². The largest absolute Gasteiger partial charge is 0.482 e. The van der Waals surface area contributed by atoms with Crippen molar-refractivity contribution >= 4 is 17.6 Å². The van der Waals surface area contributed by atoms with Gasteiger partial charge in [0.05, 0.1) is 0 Å². The van der Waals surface area contributed by atoms with Crippen molar-refractivity contribution in [3.8, 4) is 16.9 Å². The van der Waals surface area contributed by atoms with Crippen molar-refractivity contribution in [2.75, 3.05) is 11.9 Å². The minimum atomic E-state index is -0.954. The van der Waals surface area contributed by atoms with Crippen molar-refractivity contribution in [3.05, 3.63) is 83.9 Å². The smallest absolute Gasteiger partial charge is 0.344 e. The van der Waals surface area contributed by atoms with Crippen LogP contribution >= 0.6 is 0 Å². The first-order valence-electron chi connectivity index (χ1n) is 9.78. The number of aryl methyl sites for hydroxylation is 2. The van der Waals surface area contributed by atoms with Crippen molar-refractivity contribution in [1.82, 2.24) is 0 Å². The summed E-state index contributed by atoms with van der Waals surface area (Å²) in [5.74, 6) is -0.412. The molecule has 0 aliphatic carbocycles. The molecule has 0 heterocycles. The molecule has 154 valence electrons. The maximum absolute atomic E-state index is 12.6. The molecule has 3 aromatic rings. The molecule has 1 amide bonds. The number of esters is 1. The van der Waals surface area contributed by atoms with Gasteiger partial charge < -0.3 is 14.8 Å². The average molecular weight is 403 g/mol. The van der Waals surface area contributed by atoms with E-state index in [1.54, 1.807) is 0 Å². The Morgan fingerprint density at radius 2 is 1.53 bits per heavy atom. The number of para-hydroxylation sites is 1. The van der Waals surface area contributed by atoms with Crippen molar-refractivity contribution in [1.29, 1.82) is 0 Å². The normalized spacial score (nSPS) is 11.4. The van der Waals surface area contributed by atoms with Crippen LogP contribution in [-0.2, 0) is 14.3 Å². The Labute approximate surface area is 176 Å². The predicted molar refractivity (Wildman–Crippen MR) is 117 cm³/mol. The van der Waals surface area contributed by atoms with Gasteiger partial charge >= 0.3 is 5.97 Å². The Balaban J connectivity index is 1.58. The molecule has 0 spiro atoms. The molecule has 0 aromatic heterocycles. The molecule has 1 atom stereocenters. The number of nitrogens with one attached hydrogen (secondary N) is 1. The number of hydrogen-bond donors (Lipinski definition) is 1. The molecule has 0 saturated carbocycles. The van der Waals surface area contributed by atoms with Crippen LogP contribution < -0.4 is 10.1 Å². The third kappa shape index (κ3) is 5.70. The highest BCUT2D eigenvalue weighted by Gasteiger charge is 2.19. The Morgan fingerprint density at radius 3 is 2.23 bits per heavy atom. The van der Waals surface area contributed by atoms with E-state index in [0.717, 1.165) is 22.3 Å². The zero-order valence-corrected chi connectivity index (χ0v) is 17.3. The minimum absolute atomic E-state index is 0.263. The van der Waals surface area contributed by atoms with E-state index in [1.165, 1.54) is 6.92 Å². The van der Waals surface area contributed by atoms with Crippen molar-refractivity contribution in [2.24, 2.45) is 0 Å². The predicted octanol–water partition coefficient (Wildman–Crippen LogP) is 4.92. The Bertz CT molecular complexity index is 1010. The Hall–Kier alpha value is -3.60. The molecule has 0 saturated heterocycles. The van der Waals surface area contributed by atoms with Crippen LogP contribution in [0.3, 0.4) is 0 Å². The number of anilines is 1. The summed E-state index contributed by atoms with van der Waals surface area (Å²) in [6, 6.07) is 23.0. The first-order chi connectivity index (χ1) is 14.4. The second kappa shape index (κ2) is 9.74. The molecule has 0 bridgehead atoms. The lowest BCUT2D eigenvalue weighted by Crippen LogP contribution is -2.31. The fraction of sp³-hybridized carbons (Fsp3) is 0.200. The molecular formula is C25H25NO4. The average Bonchev–Trinajstić information content (AvgIpc) is 2.72. The zero-order valence-electron chi connectivity index (χ0n) is 17.3. The van der Waals surface area contributed by atoms with Gasteiger partial charge in [-0.1, -0.05) is 54.6 Å². The van der Waals surface area contributed by atoms with Gasteiger partial charge in [-0.2, -0.15) is 0 Å². The third-order valence-corrected chi connectivity index (χ3v) is 4.50. The highest BCUT2D eigenvalue weighted by molar-refractivity contribution is 5.98. The van der Waals surface area contributed by atoms with Crippen LogP contribution in [0.2, 0.25) is 0 Å². The van der Waals surface area contributed by atoms with Crippen LogP contribution in [0, 0.1) is 13.8 Å². The SMILES string of the molecule is Cc1cc(C)cc(OCC(=O)OC(C)C(=O)Nc2ccccc2-c2ccccc2)c1. The van der Waals surface area contributed by atoms with Gasteiger partial charge in [0, 0.05) is 11.3 Å². The quantitative estimate of drug-likeness (QED) is 0.569. The summed E-state index contributed by atoms with van der Waals surface area (Å²) in [6.07, 6.45) is -0.954. The summed E-state index contributed by atoms with van der Waals surface area (Å²) in [5, 5.41) is 2.85. The van der Waals surface area contributed by atoms with Crippen molar-refractivity contribution in [3.63, 3.8) is 0 Å². The van der Waals surface area contributed by atoms with Gasteiger partial charge in [0.1, 0.15) is 5.75 Å². The highest BCUT2D eigenvalue weighted by atomic mass is 16.6. The summed E-state index contributed by atoms with van der Waals surface area (Å²) in [5.41, 5.74) is 4.62. The second-order valence-corrected chi connectivity index (χ2v) is 7.15. The molecule has 5 nitrogen and oxygen atoms in total. The van der Waals surface area contributed by atoms with Crippen molar-refractivity contribution < 1.29 is 19.1 Å². The number of rotatable bonds is 7. The molecule has 0 aliphatic rings. The zero-order chi connectivity index (χ0) is 21.5. The van der Waals surface area contributed by atoms with E-state index >= 15 is 0 Å². The van der Waals surface area contributed by atoms with Crippen LogP contribution in [0.1, 0.15) is 18.1 Å². The Morgan fingerprint density at radius 1 is 0.900 bits per heavy atom. The number of hydrogen-bond acceptors (Lipinski definition) is 4. The number of amides is 1. The Kier molecular flexibility index (Phi) is 6.86. The standard InChI is InChI=1S/C25H25NO4/c1-17-13-18(2)15-21(14-17)29-16-24(27)30-19(3)25(28)26-23-12-8-7-11-22(23)20-9-5-4-6-10-20/h4-15,19H,16H2,1-3H3,(H,26,28). The van der Waals surface area contributed by atoms with Crippen molar-refractivity contribution in [2.45, 2.75) is 26.9 Å². The summed E-state index contributed by atoms with van der Waals surface area (Å²) in [6.45, 7) is 5.19. The maximum Gasteiger partial charge on any atom is 0.344 e. The molecule has 1 unspecified atom stereocenters. The number of carbonyl (C=O) groups is 2. The van der Waals surface area contributed by atoms with E-state index in [1.807, 2.05) is 86.6 Å². The number of benzene rings is 3. The second-order valence-electron chi connectivity index (χ2n) is 7.15. The molecule has 5 heteroatoms. The number of ether oxygens (including phenoxy) is 2. The highest BCUT2D eigenvalue weighted by Crippen LogP contribution is 2.27. The molecule has 0 aliphatic heterocycles. The van der Waals surface area contributed by atoms with Gasteiger partial charge in [-0.3, -0.25) is 4.79 Å².